The van der Waals surface area contributed by atoms with E-state index in [0.29, 0.717) is 62.5 Å². The van der Waals surface area contributed by atoms with Gasteiger partial charge < -0.3 is 14.9 Å². The van der Waals surface area contributed by atoms with Crippen molar-refractivity contribution >= 4 is 12.0 Å². The molecule has 3 aromatic rings. The molecule has 0 radical (unpaired) electrons. The van der Waals surface area contributed by atoms with Crippen LogP contribution in [0, 0.1) is 5.82 Å². The number of likely N-dealkylation sites (tertiary alicyclic amines) is 1. The van der Waals surface area contributed by atoms with E-state index in [1.807, 2.05) is 11.7 Å². The summed E-state index contributed by atoms with van der Waals surface area (Å²) in [5, 5.41) is 22.5. The van der Waals surface area contributed by atoms with Crippen LogP contribution in [0.2, 0.25) is 0 Å². The molecule has 0 spiro atoms. The molecular formula is C21H24FN7O2. The average Bonchev–Trinajstić information content (AvgIpc) is 3.40. The molecule has 1 aromatic carbocycles. The predicted octanol–water partition coefficient (Wildman–Crippen LogP) is 2.13. The first-order valence-electron chi connectivity index (χ1n) is 10.3. The molecule has 0 saturated carbocycles. The average molecular weight is 425 g/mol. The van der Waals surface area contributed by atoms with Gasteiger partial charge in [0.25, 0.3) is 5.89 Å². The van der Waals surface area contributed by atoms with Crippen molar-refractivity contribution in [1.82, 2.24) is 24.8 Å². The Labute approximate surface area is 178 Å². The zero-order valence-electron chi connectivity index (χ0n) is 17.3. The molecule has 2 aliphatic heterocycles. The molecule has 1 fully saturated rings. The number of nitrogens with one attached hydrogen (secondary N) is 1. The molecule has 5 rings (SSSR count). The predicted molar refractivity (Wildman–Crippen MR) is 112 cm³/mol. The Morgan fingerprint density at radius 1 is 1.29 bits per heavy atom. The number of fused-ring (bicyclic) bond motifs is 1. The molecule has 2 N–H and O–H groups in total. The van der Waals surface area contributed by atoms with Crippen LogP contribution in [-0.4, -0.2) is 55.0 Å². The van der Waals surface area contributed by atoms with E-state index in [2.05, 4.69) is 30.4 Å². The number of hydrogen-bond donors (Lipinski definition) is 2. The van der Waals surface area contributed by atoms with Crippen molar-refractivity contribution < 1.29 is 14.0 Å². The number of aromatic nitrogens is 4. The molecule has 9 nitrogen and oxygen atoms in total. The third-order valence-corrected chi connectivity index (χ3v) is 6.12. The maximum Gasteiger partial charge on any atom is 0.257 e. The number of halogens is 1. The summed E-state index contributed by atoms with van der Waals surface area (Å²) in [6, 6.07) is 4.96. The van der Waals surface area contributed by atoms with E-state index in [-0.39, 0.29) is 5.82 Å². The number of rotatable bonds is 5. The van der Waals surface area contributed by atoms with Gasteiger partial charge in [0.15, 0.2) is 6.33 Å². The van der Waals surface area contributed by atoms with Gasteiger partial charge in [-0.15, -0.1) is 0 Å². The molecule has 2 aromatic heterocycles. The topological polar surface area (TPSA) is 105 Å². The van der Waals surface area contributed by atoms with Crippen LogP contribution in [0.5, 0.6) is 0 Å². The highest BCUT2D eigenvalue weighted by atomic mass is 19.1. The van der Waals surface area contributed by atoms with Crippen LogP contribution >= 0.6 is 0 Å². The van der Waals surface area contributed by atoms with E-state index in [1.165, 1.54) is 12.4 Å². The fourth-order valence-electron chi connectivity index (χ4n) is 4.31. The third-order valence-electron chi connectivity index (χ3n) is 6.12. The zero-order chi connectivity index (χ0) is 21.4. The number of benzene rings is 1. The molecule has 2 aliphatic rings. The summed E-state index contributed by atoms with van der Waals surface area (Å²) in [6.07, 6.45) is 4.72. The highest BCUT2D eigenvalue weighted by Gasteiger charge is 2.35. The lowest BCUT2D eigenvalue weighted by Gasteiger charge is -2.38. The summed E-state index contributed by atoms with van der Waals surface area (Å²) < 4.78 is 21.4. The summed E-state index contributed by atoms with van der Waals surface area (Å²) in [4.78, 5) is 10.3. The minimum Gasteiger partial charge on any atom is -0.389 e. The second-order valence-corrected chi connectivity index (χ2v) is 8.24. The SMILES string of the molecule is Cn1nc2c(c1CC1(O)CCN(Cc3ccc(-c4ncno4)cc3F)CC1)NC=NC2. The number of piperidine rings is 1. The van der Waals surface area contributed by atoms with Crippen LogP contribution in [0.3, 0.4) is 0 Å². The number of anilines is 1. The molecule has 162 valence electrons. The van der Waals surface area contributed by atoms with Gasteiger partial charge in [0, 0.05) is 44.2 Å². The molecule has 0 bridgehead atoms. The van der Waals surface area contributed by atoms with Gasteiger partial charge in [-0.3, -0.25) is 14.6 Å². The van der Waals surface area contributed by atoms with Crippen LogP contribution in [0.25, 0.3) is 11.5 Å². The highest BCUT2D eigenvalue weighted by Crippen LogP contribution is 2.32. The van der Waals surface area contributed by atoms with Gasteiger partial charge in [0.05, 0.1) is 29.9 Å². The lowest BCUT2D eigenvalue weighted by Crippen LogP contribution is -2.45. The van der Waals surface area contributed by atoms with Crippen molar-refractivity contribution in [2.24, 2.45) is 12.0 Å². The summed E-state index contributed by atoms with van der Waals surface area (Å²) in [6.45, 7) is 2.43. The molecule has 0 unspecified atom stereocenters. The Morgan fingerprint density at radius 3 is 2.87 bits per heavy atom. The van der Waals surface area contributed by atoms with Gasteiger partial charge in [-0.05, 0) is 25.0 Å². The summed E-state index contributed by atoms with van der Waals surface area (Å²) >= 11 is 0. The fourth-order valence-corrected chi connectivity index (χ4v) is 4.31. The monoisotopic (exact) mass is 425 g/mol. The van der Waals surface area contributed by atoms with E-state index < -0.39 is 5.60 Å². The van der Waals surface area contributed by atoms with E-state index in [1.54, 1.807) is 18.5 Å². The van der Waals surface area contributed by atoms with E-state index in [9.17, 15) is 9.50 Å². The van der Waals surface area contributed by atoms with Crippen LogP contribution in [0.4, 0.5) is 10.1 Å². The summed E-state index contributed by atoms with van der Waals surface area (Å²) in [7, 11) is 1.90. The molecule has 0 aliphatic carbocycles. The standard InChI is InChI=1S/C21H24FN7O2/c1-28-18(19-17(27-28)10-23-12-24-19)9-21(30)4-6-29(7-5-21)11-15-3-2-14(8-16(15)22)20-25-13-26-31-20/h2-3,8,12-13,30H,4-7,9-11H2,1H3,(H,23,24). The van der Waals surface area contributed by atoms with Gasteiger partial charge in [0.2, 0.25) is 0 Å². The minimum absolute atomic E-state index is 0.298. The Kier molecular flexibility index (Phi) is 5.03. The minimum atomic E-state index is -0.811. The maximum atomic E-state index is 14.6. The highest BCUT2D eigenvalue weighted by molar-refractivity contribution is 5.80. The van der Waals surface area contributed by atoms with Crippen molar-refractivity contribution in [3.63, 3.8) is 0 Å². The zero-order valence-corrected chi connectivity index (χ0v) is 17.3. The Balaban J connectivity index is 1.22. The molecule has 31 heavy (non-hydrogen) atoms. The lowest BCUT2D eigenvalue weighted by molar-refractivity contribution is -0.0237. The van der Waals surface area contributed by atoms with Crippen LogP contribution in [0.1, 0.15) is 29.8 Å². The third kappa shape index (κ3) is 3.96. The van der Waals surface area contributed by atoms with Crippen molar-refractivity contribution in [2.75, 3.05) is 18.4 Å². The van der Waals surface area contributed by atoms with Gasteiger partial charge in [-0.1, -0.05) is 11.2 Å². The van der Waals surface area contributed by atoms with Crippen LogP contribution in [-0.2, 0) is 26.6 Å². The molecule has 10 heteroatoms. The largest absolute Gasteiger partial charge is 0.389 e. The van der Waals surface area contributed by atoms with Gasteiger partial charge in [0.1, 0.15) is 11.5 Å². The fraction of sp³-hybridized carbons (Fsp3) is 0.429. The van der Waals surface area contributed by atoms with Gasteiger partial charge in [-0.2, -0.15) is 10.1 Å². The number of nitrogens with zero attached hydrogens (tertiary/aromatic N) is 6. The summed E-state index contributed by atoms with van der Waals surface area (Å²) in [5.41, 5.74) is 3.20. The lowest BCUT2D eigenvalue weighted by atomic mass is 9.86. The first-order chi connectivity index (χ1) is 15.0. The molecule has 0 amide bonds. The van der Waals surface area contributed by atoms with Crippen molar-refractivity contribution in [2.45, 2.75) is 38.0 Å². The van der Waals surface area contributed by atoms with Crippen LogP contribution < -0.4 is 5.32 Å². The van der Waals surface area contributed by atoms with Crippen molar-refractivity contribution in [3.8, 4) is 11.5 Å². The first-order valence-corrected chi connectivity index (χ1v) is 10.3. The van der Waals surface area contributed by atoms with Crippen LogP contribution in [0.15, 0.2) is 34.0 Å². The second-order valence-electron chi connectivity index (χ2n) is 8.24. The summed E-state index contributed by atoms with van der Waals surface area (Å²) in [5.74, 6) is -0.00242. The molecule has 0 atom stereocenters. The van der Waals surface area contributed by atoms with Crippen molar-refractivity contribution in [1.29, 1.82) is 0 Å². The van der Waals surface area contributed by atoms with Gasteiger partial charge >= 0.3 is 0 Å². The van der Waals surface area contributed by atoms with E-state index in [4.69, 9.17) is 4.52 Å². The first kappa shape index (κ1) is 19.8. The maximum absolute atomic E-state index is 14.6. The van der Waals surface area contributed by atoms with Crippen molar-refractivity contribution in [3.05, 3.63) is 47.3 Å². The molecule has 1 saturated heterocycles. The molecular weight excluding hydrogens is 401 g/mol. The Hall–Kier alpha value is -3.11. The quantitative estimate of drug-likeness (QED) is 0.645. The Morgan fingerprint density at radius 2 is 2.13 bits per heavy atom. The van der Waals surface area contributed by atoms with Gasteiger partial charge in [-0.25, -0.2) is 4.39 Å². The number of aliphatic hydroxyl groups is 1. The Bertz CT molecular complexity index is 1100. The number of hydrogen-bond acceptors (Lipinski definition) is 8. The normalized spacial score (nSPS) is 18.0. The second kappa shape index (κ2) is 7.86. The number of aryl methyl sites for hydroxylation is 1. The number of aliphatic imine (C=N–C) groups is 1. The van der Waals surface area contributed by atoms with E-state index >= 15 is 0 Å². The smallest absolute Gasteiger partial charge is 0.257 e. The van der Waals surface area contributed by atoms with E-state index in [0.717, 1.165) is 17.1 Å². The molecule has 4 heterocycles.